The van der Waals surface area contributed by atoms with E-state index in [1.807, 2.05) is 45.0 Å². The first-order chi connectivity index (χ1) is 9.74. The summed E-state index contributed by atoms with van der Waals surface area (Å²) in [6, 6.07) is 8.14. The zero-order chi connectivity index (χ0) is 16.0. The van der Waals surface area contributed by atoms with Crippen LogP contribution in [0.5, 0.6) is 0 Å². The Labute approximate surface area is 125 Å². The Morgan fingerprint density at radius 1 is 1.19 bits per heavy atom. The first kappa shape index (κ1) is 18.0. The van der Waals surface area contributed by atoms with E-state index in [1.54, 1.807) is 11.9 Å². The first-order valence-corrected chi connectivity index (χ1v) is 7.31. The SMILES string of the molecule is CCNC(c1ccc(C)cc1)C(C)N(C)CCC(F)(F)F. The lowest BCUT2D eigenvalue weighted by atomic mass is 9.98. The zero-order valence-corrected chi connectivity index (χ0v) is 13.2. The Hall–Kier alpha value is -1.07. The molecular formula is C16H25F3N2. The molecule has 0 aliphatic rings. The van der Waals surface area contributed by atoms with Gasteiger partial charge < -0.3 is 10.2 Å². The van der Waals surface area contributed by atoms with Crippen molar-refractivity contribution in [3.63, 3.8) is 0 Å². The van der Waals surface area contributed by atoms with Crippen molar-refractivity contribution in [1.29, 1.82) is 0 Å². The molecule has 0 radical (unpaired) electrons. The smallest absolute Gasteiger partial charge is 0.309 e. The molecule has 0 aliphatic carbocycles. The third-order valence-corrected chi connectivity index (χ3v) is 3.79. The lowest BCUT2D eigenvalue weighted by molar-refractivity contribution is -0.138. The van der Waals surface area contributed by atoms with Crippen molar-refractivity contribution >= 4 is 0 Å². The number of halogens is 3. The molecule has 120 valence electrons. The second-order valence-corrected chi connectivity index (χ2v) is 5.53. The van der Waals surface area contributed by atoms with Crippen LogP contribution in [0, 0.1) is 6.92 Å². The predicted molar refractivity (Wildman–Crippen MR) is 80.4 cm³/mol. The van der Waals surface area contributed by atoms with Crippen LogP contribution in [0.25, 0.3) is 0 Å². The minimum atomic E-state index is -4.11. The highest BCUT2D eigenvalue weighted by molar-refractivity contribution is 5.25. The number of benzene rings is 1. The van der Waals surface area contributed by atoms with Crippen LogP contribution >= 0.6 is 0 Å². The number of rotatable bonds is 7. The van der Waals surface area contributed by atoms with Gasteiger partial charge in [-0.2, -0.15) is 13.2 Å². The lowest BCUT2D eigenvalue weighted by Crippen LogP contribution is -2.42. The summed E-state index contributed by atoms with van der Waals surface area (Å²) >= 11 is 0. The molecule has 0 amide bonds. The highest BCUT2D eigenvalue weighted by atomic mass is 19.4. The molecule has 1 rings (SSSR count). The second kappa shape index (κ2) is 7.80. The monoisotopic (exact) mass is 302 g/mol. The number of nitrogens with zero attached hydrogens (tertiary/aromatic N) is 1. The van der Waals surface area contributed by atoms with Gasteiger partial charge in [-0.1, -0.05) is 36.8 Å². The number of aryl methyl sites for hydroxylation is 1. The van der Waals surface area contributed by atoms with E-state index in [0.717, 1.165) is 12.1 Å². The van der Waals surface area contributed by atoms with Gasteiger partial charge in [0.15, 0.2) is 0 Å². The summed E-state index contributed by atoms with van der Waals surface area (Å²) in [5.41, 5.74) is 2.28. The number of alkyl halides is 3. The molecule has 1 aromatic carbocycles. The van der Waals surface area contributed by atoms with Crippen LogP contribution in [-0.2, 0) is 0 Å². The highest BCUT2D eigenvalue weighted by Crippen LogP contribution is 2.24. The Balaban J connectivity index is 2.77. The molecule has 1 N–H and O–H groups in total. The van der Waals surface area contributed by atoms with Gasteiger partial charge >= 0.3 is 6.18 Å². The molecule has 5 heteroatoms. The standard InChI is InChI=1S/C16H25F3N2/c1-5-20-15(14-8-6-12(2)7-9-14)13(3)21(4)11-10-16(17,18)19/h6-9,13,15,20H,5,10-11H2,1-4H3. The van der Waals surface area contributed by atoms with E-state index < -0.39 is 12.6 Å². The minimum absolute atomic E-state index is 0.0123. The van der Waals surface area contributed by atoms with Gasteiger partial charge in [0.05, 0.1) is 6.42 Å². The van der Waals surface area contributed by atoms with Crippen molar-refractivity contribution in [2.45, 2.75) is 45.5 Å². The van der Waals surface area contributed by atoms with Gasteiger partial charge in [0.1, 0.15) is 0 Å². The molecule has 0 aliphatic heterocycles. The Kier molecular flexibility index (Phi) is 6.68. The minimum Gasteiger partial charge on any atom is -0.309 e. The van der Waals surface area contributed by atoms with Crippen LogP contribution in [0.4, 0.5) is 13.2 Å². The van der Waals surface area contributed by atoms with Crippen molar-refractivity contribution in [3.8, 4) is 0 Å². The van der Waals surface area contributed by atoms with E-state index >= 15 is 0 Å². The first-order valence-electron chi connectivity index (χ1n) is 7.31. The molecular weight excluding hydrogens is 277 g/mol. The van der Waals surface area contributed by atoms with Crippen molar-refractivity contribution < 1.29 is 13.2 Å². The summed E-state index contributed by atoms with van der Waals surface area (Å²) in [7, 11) is 1.74. The fraction of sp³-hybridized carbons (Fsp3) is 0.625. The van der Waals surface area contributed by atoms with Gasteiger partial charge in [0, 0.05) is 18.6 Å². The van der Waals surface area contributed by atoms with Gasteiger partial charge in [-0.3, -0.25) is 0 Å². The van der Waals surface area contributed by atoms with Gasteiger partial charge in [0.2, 0.25) is 0 Å². The van der Waals surface area contributed by atoms with E-state index in [4.69, 9.17) is 0 Å². The quantitative estimate of drug-likeness (QED) is 0.821. The molecule has 2 atom stereocenters. The van der Waals surface area contributed by atoms with Crippen LogP contribution in [0.1, 0.15) is 37.4 Å². The van der Waals surface area contributed by atoms with Gasteiger partial charge in [-0.25, -0.2) is 0 Å². The molecule has 0 saturated carbocycles. The summed E-state index contributed by atoms with van der Waals surface area (Å²) in [5.74, 6) is 0. The van der Waals surface area contributed by atoms with Crippen molar-refractivity contribution in [1.82, 2.24) is 10.2 Å². The largest absolute Gasteiger partial charge is 0.390 e. The summed E-state index contributed by atoms with van der Waals surface area (Å²) in [4.78, 5) is 1.76. The zero-order valence-electron chi connectivity index (χ0n) is 13.2. The van der Waals surface area contributed by atoms with E-state index in [2.05, 4.69) is 5.32 Å². The Bertz CT molecular complexity index is 415. The van der Waals surface area contributed by atoms with Crippen LogP contribution in [0.2, 0.25) is 0 Å². The summed E-state index contributed by atoms with van der Waals surface area (Å²) < 4.78 is 37.1. The van der Waals surface area contributed by atoms with Crippen LogP contribution in [0.3, 0.4) is 0 Å². The highest BCUT2D eigenvalue weighted by Gasteiger charge is 2.29. The molecule has 0 fully saturated rings. The van der Waals surface area contributed by atoms with E-state index in [0.29, 0.717) is 0 Å². The maximum Gasteiger partial charge on any atom is 0.390 e. The molecule has 1 aromatic rings. The number of hydrogen-bond acceptors (Lipinski definition) is 2. The average Bonchev–Trinajstić information content (AvgIpc) is 2.42. The van der Waals surface area contributed by atoms with Crippen molar-refractivity contribution in [3.05, 3.63) is 35.4 Å². The van der Waals surface area contributed by atoms with Gasteiger partial charge in [0.25, 0.3) is 0 Å². The van der Waals surface area contributed by atoms with E-state index in [-0.39, 0.29) is 18.6 Å². The molecule has 2 unspecified atom stereocenters. The van der Waals surface area contributed by atoms with Gasteiger partial charge in [-0.05, 0) is 33.0 Å². The molecule has 0 heterocycles. The topological polar surface area (TPSA) is 15.3 Å². The summed E-state index contributed by atoms with van der Waals surface area (Å²) in [6.45, 7) is 6.77. The molecule has 21 heavy (non-hydrogen) atoms. The predicted octanol–water partition coefficient (Wildman–Crippen LogP) is 3.92. The normalized spacial score (nSPS) is 15.2. The van der Waals surface area contributed by atoms with Crippen LogP contribution in [-0.4, -0.2) is 37.3 Å². The van der Waals surface area contributed by atoms with E-state index in [1.165, 1.54) is 5.56 Å². The fourth-order valence-electron chi connectivity index (χ4n) is 2.32. The number of nitrogens with one attached hydrogen (secondary N) is 1. The molecule has 2 nitrogen and oxygen atoms in total. The Morgan fingerprint density at radius 2 is 1.76 bits per heavy atom. The fourth-order valence-corrected chi connectivity index (χ4v) is 2.32. The molecule has 0 saturated heterocycles. The summed E-state index contributed by atoms with van der Waals surface area (Å²) in [6.07, 6.45) is -4.88. The number of likely N-dealkylation sites (N-methyl/N-ethyl adjacent to an activating group) is 2. The number of hydrogen-bond donors (Lipinski definition) is 1. The second-order valence-electron chi connectivity index (χ2n) is 5.53. The summed E-state index contributed by atoms with van der Waals surface area (Å²) in [5, 5.41) is 3.37. The molecule has 0 bridgehead atoms. The third kappa shape index (κ3) is 6.06. The Morgan fingerprint density at radius 3 is 2.24 bits per heavy atom. The maximum atomic E-state index is 12.4. The van der Waals surface area contributed by atoms with Crippen molar-refractivity contribution in [2.24, 2.45) is 0 Å². The van der Waals surface area contributed by atoms with E-state index in [9.17, 15) is 13.2 Å². The van der Waals surface area contributed by atoms with Crippen LogP contribution in [0.15, 0.2) is 24.3 Å². The maximum absolute atomic E-state index is 12.4. The van der Waals surface area contributed by atoms with Gasteiger partial charge in [-0.15, -0.1) is 0 Å². The molecule has 0 spiro atoms. The van der Waals surface area contributed by atoms with Crippen LogP contribution < -0.4 is 5.32 Å². The third-order valence-electron chi connectivity index (χ3n) is 3.79. The average molecular weight is 302 g/mol. The van der Waals surface area contributed by atoms with Crippen molar-refractivity contribution in [2.75, 3.05) is 20.1 Å². The molecule has 0 aromatic heterocycles. The lowest BCUT2D eigenvalue weighted by Gasteiger charge is -2.33.